The van der Waals surface area contributed by atoms with Crippen molar-refractivity contribution in [1.29, 1.82) is 0 Å². The van der Waals surface area contributed by atoms with Crippen LogP contribution in [0.25, 0.3) is 10.8 Å². The third-order valence-corrected chi connectivity index (χ3v) is 2.47. The average Bonchev–Trinajstić information content (AvgIpc) is 2.16. The molecule has 0 bridgehead atoms. The summed E-state index contributed by atoms with van der Waals surface area (Å²) >= 11 is 5.91. The molecule has 0 amide bonds. The predicted molar refractivity (Wildman–Crippen MR) is 60.3 cm³/mol. The summed E-state index contributed by atoms with van der Waals surface area (Å²) in [6.45, 7) is 0. The van der Waals surface area contributed by atoms with Crippen molar-refractivity contribution < 1.29 is 9.90 Å². The minimum absolute atomic E-state index is 0.00106. The Kier molecular flexibility index (Phi) is 2.60. The summed E-state index contributed by atoms with van der Waals surface area (Å²) in [5.41, 5.74) is 0.755. The van der Waals surface area contributed by atoms with Crippen LogP contribution in [0.5, 0.6) is 0 Å². The van der Waals surface area contributed by atoms with Crippen LogP contribution in [-0.2, 0) is 11.2 Å². The first-order chi connectivity index (χ1) is 7.16. The second-order valence-corrected chi connectivity index (χ2v) is 3.79. The summed E-state index contributed by atoms with van der Waals surface area (Å²) in [6.07, 6.45) is 0.00106. The van der Waals surface area contributed by atoms with E-state index in [0.717, 1.165) is 16.3 Å². The Balaban J connectivity index is 2.65. The van der Waals surface area contributed by atoms with E-state index in [9.17, 15) is 4.79 Å². The second kappa shape index (κ2) is 3.91. The van der Waals surface area contributed by atoms with Gasteiger partial charge in [-0.25, -0.2) is 0 Å². The summed E-state index contributed by atoms with van der Waals surface area (Å²) in [5, 5.41) is 11.3. The zero-order valence-corrected chi connectivity index (χ0v) is 8.66. The van der Waals surface area contributed by atoms with Gasteiger partial charge in [0.25, 0.3) is 0 Å². The molecule has 0 fully saturated rings. The molecule has 0 spiro atoms. The van der Waals surface area contributed by atoms with Gasteiger partial charge in [0.15, 0.2) is 0 Å². The number of benzene rings is 2. The normalized spacial score (nSPS) is 10.5. The fourth-order valence-corrected chi connectivity index (χ4v) is 1.91. The van der Waals surface area contributed by atoms with Crippen LogP contribution in [0.1, 0.15) is 5.56 Å². The van der Waals surface area contributed by atoms with Crippen LogP contribution in [0.15, 0.2) is 36.4 Å². The highest BCUT2D eigenvalue weighted by atomic mass is 35.5. The average molecular weight is 221 g/mol. The van der Waals surface area contributed by atoms with E-state index in [1.807, 2.05) is 30.3 Å². The number of carboxylic acids is 1. The Hall–Kier alpha value is -1.54. The van der Waals surface area contributed by atoms with Crippen molar-refractivity contribution in [2.24, 2.45) is 0 Å². The molecule has 0 unspecified atom stereocenters. The van der Waals surface area contributed by atoms with Gasteiger partial charge < -0.3 is 5.11 Å². The van der Waals surface area contributed by atoms with Gasteiger partial charge in [-0.1, -0.05) is 35.9 Å². The van der Waals surface area contributed by atoms with Gasteiger partial charge in [0.05, 0.1) is 6.42 Å². The third kappa shape index (κ3) is 2.10. The lowest BCUT2D eigenvalue weighted by atomic mass is 10.0. The molecular weight excluding hydrogens is 212 g/mol. The van der Waals surface area contributed by atoms with Crippen LogP contribution in [0.4, 0.5) is 0 Å². The number of halogens is 1. The summed E-state index contributed by atoms with van der Waals surface area (Å²) < 4.78 is 0. The van der Waals surface area contributed by atoms with Gasteiger partial charge in [0, 0.05) is 5.02 Å². The Morgan fingerprint density at radius 1 is 1.27 bits per heavy atom. The fourth-order valence-electron chi connectivity index (χ4n) is 1.66. The summed E-state index contributed by atoms with van der Waals surface area (Å²) in [6, 6.07) is 11.2. The minimum atomic E-state index is -0.845. The van der Waals surface area contributed by atoms with Crippen LogP contribution in [-0.4, -0.2) is 11.1 Å². The minimum Gasteiger partial charge on any atom is -0.481 e. The molecule has 1 N–H and O–H groups in total. The number of rotatable bonds is 2. The largest absolute Gasteiger partial charge is 0.481 e. The van der Waals surface area contributed by atoms with Crippen LogP contribution in [0.2, 0.25) is 5.02 Å². The molecule has 2 aromatic rings. The maximum Gasteiger partial charge on any atom is 0.307 e. The molecule has 0 atom stereocenters. The summed E-state index contributed by atoms with van der Waals surface area (Å²) in [5.74, 6) is -0.845. The molecule has 2 rings (SSSR count). The highest BCUT2D eigenvalue weighted by molar-refractivity contribution is 6.31. The first kappa shape index (κ1) is 9.99. The van der Waals surface area contributed by atoms with Gasteiger partial charge >= 0.3 is 5.97 Å². The number of fused-ring (bicyclic) bond motifs is 1. The van der Waals surface area contributed by atoms with E-state index >= 15 is 0 Å². The van der Waals surface area contributed by atoms with Crippen molar-refractivity contribution >= 4 is 28.3 Å². The molecule has 0 aliphatic rings. The van der Waals surface area contributed by atoms with Crippen molar-refractivity contribution in [3.8, 4) is 0 Å². The maximum absolute atomic E-state index is 10.7. The number of hydrogen-bond acceptors (Lipinski definition) is 1. The molecule has 3 heteroatoms. The van der Waals surface area contributed by atoms with Crippen molar-refractivity contribution in [1.82, 2.24) is 0 Å². The van der Waals surface area contributed by atoms with Gasteiger partial charge in [-0.05, 0) is 28.5 Å². The zero-order valence-electron chi connectivity index (χ0n) is 7.90. The molecule has 0 aliphatic heterocycles. The quantitative estimate of drug-likeness (QED) is 0.844. The third-order valence-electron chi connectivity index (χ3n) is 2.25. The van der Waals surface area contributed by atoms with E-state index in [4.69, 9.17) is 16.7 Å². The highest BCUT2D eigenvalue weighted by Crippen LogP contribution is 2.24. The van der Waals surface area contributed by atoms with E-state index in [2.05, 4.69) is 0 Å². The predicted octanol–water partition coefficient (Wildman–Crippen LogP) is 3.12. The molecule has 0 saturated heterocycles. The Morgan fingerprint density at radius 2 is 2.00 bits per heavy atom. The lowest BCUT2D eigenvalue weighted by Gasteiger charge is -2.05. The smallest absolute Gasteiger partial charge is 0.307 e. The first-order valence-electron chi connectivity index (χ1n) is 4.56. The lowest BCUT2D eigenvalue weighted by molar-refractivity contribution is -0.136. The SMILES string of the molecule is O=C(O)Cc1cc(Cl)cc2ccccc12. The Bertz CT molecular complexity index is 520. The van der Waals surface area contributed by atoms with Crippen molar-refractivity contribution in [3.05, 3.63) is 47.0 Å². The van der Waals surface area contributed by atoms with Crippen LogP contribution in [0, 0.1) is 0 Å². The fraction of sp³-hybridized carbons (Fsp3) is 0.0833. The molecule has 0 radical (unpaired) electrons. The highest BCUT2D eigenvalue weighted by Gasteiger charge is 2.06. The van der Waals surface area contributed by atoms with E-state index in [1.54, 1.807) is 6.07 Å². The molecule has 76 valence electrons. The monoisotopic (exact) mass is 220 g/mol. The molecule has 0 heterocycles. The number of carbonyl (C=O) groups is 1. The molecule has 0 aromatic heterocycles. The summed E-state index contributed by atoms with van der Waals surface area (Å²) in [7, 11) is 0. The maximum atomic E-state index is 10.7. The van der Waals surface area contributed by atoms with E-state index in [0.29, 0.717) is 5.02 Å². The molecule has 15 heavy (non-hydrogen) atoms. The van der Waals surface area contributed by atoms with Gasteiger partial charge in [-0.3, -0.25) is 4.79 Å². The van der Waals surface area contributed by atoms with Crippen molar-refractivity contribution in [2.75, 3.05) is 0 Å². The van der Waals surface area contributed by atoms with Crippen molar-refractivity contribution in [3.63, 3.8) is 0 Å². The molecule has 0 saturated carbocycles. The van der Waals surface area contributed by atoms with Gasteiger partial charge in [0.2, 0.25) is 0 Å². The summed E-state index contributed by atoms with van der Waals surface area (Å²) in [4.78, 5) is 10.7. The molecular formula is C12H9ClO2. The molecule has 2 aromatic carbocycles. The second-order valence-electron chi connectivity index (χ2n) is 3.36. The van der Waals surface area contributed by atoms with E-state index in [-0.39, 0.29) is 6.42 Å². The van der Waals surface area contributed by atoms with Gasteiger partial charge in [0.1, 0.15) is 0 Å². The van der Waals surface area contributed by atoms with E-state index < -0.39 is 5.97 Å². The number of carboxylic acid groups (broad SMARTS) is 1. The van der Waals surface area contributed by atoms with Gasteiger partial charge in [-0.15, -0.1) is 0 Å². The van der Waals surface area contributed by atoms with Crippen LogP contribution in [0.3, 0.4) is 0 Å². The Labute approximate surface area is 92.1 Å². The van der Waals surface area contributed by atoms with Crippen LogP contribution >= 0.6 is 11.6 Å². The van der Waals surface area contributed by atoms with Crippen LogP contribution < -0.4 is 0 Å². The molecule has 0 aliphatic carbocycles. The number of aliphatic carboxylic acids is 1. The van der Waals surface area contributed by atoms with Gasteiger partial charge in [-0.2, -0.15) is 0 Å². The number of hydrogen-bond donors (Lipinski definition) is 1. The lowest BCUT2D eigenvalue weighted by Crippen LogP contribution is -2.00. The Morgan fingerprint density at radius 3 is 2.73 bits per heavy atom. The van der Waals surface area contributed by atoms with Crippen molar-refractivity contribution in [2.45, 2.75) is 6.42 Å². The van der Waals surface area contributed by atoms with E-state index in [1.165, 1.54) is 0 Å². The zero-order chi connectivity index (χ0) is 10.8. The standard InChI is InChI=1S/C12H9ClO2/c13-10-5-8-3-1-2-4-11(8)9(6-10)7-12(14)15/h1-6H,7H2,(H,14,15). The topological polar surface area (TPSA) is 37.3 Å². The first-order valence-corrected chi connectivity index (χ1v) is 4.93. The molecule has 2 nitrogen and oxygen atoms in total.